The first-order valence-electron chi connectivity index (χ1n) is 12.3. The molecule has 36 heavy (non-hydrogen) atoms. The number of rotatable bonds is 6. The maximum Gasteiger partial charge on any atom is 0.334 e. The Morgan fingerprint density at radius 2 is 1.69 bits per heavy atom. The Labute approximate surface area is 212 Å². The summed E-state index contributed by atoms with van der Waals surface area (Å²) in [4.78, 5) is 44.1. The summed E-state index contributed by atoms with van der Waals surface area (Å²) in [6.45, 7) is 6.38. The summed E-state index contributed by atoms with van der Waals surface area (Å²) in [7, 11) is 0. The Bertz CT molecular complexity index is 1130. The third-order valence-electron chi connectivity index (χ3n) is 6.86. The number of hydrogen-bond donors (Lipinski definition) is 1. The SMILES string of the molecule is C#CCN1CC(=O)N2[C@@H](C(C)C)C(=O)N(C(C)c3ccccc3)C[C@@H]2N1C(=O)NCc1ccccc1. The first-order chi connectivity index (χ1) is 17.3. The molecular formula is C28H33N5O3. The van der Waals surface area contributed by atoms with Gasteiger partial charge in [-0.3, -0.25) is 9.59 Å². The predicted octanol–water partition coefficient (Wildman–Crippen LogP) is 2.84. The molecule has 0 aliphatic carbocycles. The number of nitrogens with zero attached hydrogens (tertiary/aromatic N) is 4. The van der Waals surface area contributed by atoms with Crippen LogP contribution >= 0.6 is 0 Å². The van der Waals surface area contributed by atoms with Crippen LogP contribution in [0.3, 0.4) is 0 Å². The number of carbonyl (C=O) groups is 3. The van der Waals surface area contributed by atoms with E-state index >= 15 is 0 Å². The van der Waals surface area contributed by atoms with Crippen molar-refractivity contribution in [3.63, 3.8) is 0 Å². The minimum Gasteiger partial charge on any atom is -0.333 e. The molecular weight excluding hydrogens is 454 g/mol. The molecule has 2 aromatic rings. The van der Waals surface area contributed by atoms with Gasteiger partial charge in [0, 0.05) is 6.54 Å². The summed E-state index contributed by atoms with van der Waals surface area (Å²) in [5.74, 6) is 2.11. The van der Waals surface area contributed by atoms with Crippen molar-refractivity contribution in [3.8, 4) is 12.3 Å². The Kier molecular flexibility index (Phi) is 7.61. The van der Waals surface area contributed by atoms with Crippen molar-refractivity contribution < 1.29 is 14.4 Å². The number of benzene rings is 2. The van der Waals surface area contributed by atoms with E-state index in [-0.39, 0.29) is 49.4 Å². The van der Waals surface area contributed by atoms with Crippen LogP contribution in [0.25, 0.3) is 0 Å². The zero-order valence-electron chi connectivity index (χ0n) is 21.0. The highest BCUT2D eigenvalue weighted by Crippen LogP contribution is 2.33. The molecule has 2 saturated heterocycles. The van der Waals surface area contributed by atoms with Crippen LogP contribution in [-0.2, 0) is 16.1 Å². The molecule has 1 N–H and O–H groups in total. The largest absolute Gasteiger partial charge is 0.334 e. The number of hydrogen-bond acceptors (Lipinski definition) is 4. The number of urea groups is 1. The van der Waals surface area contributed by atoms with Gasteiger partial charge in [0.2, 0.25) is 11.8 Å². The lowest BCUT2D eigenvalue weighted by atomic mass is 9.94. The normalized spacial score (nSPS) is 21.2. The molecule has 0 bridgehead atoms. The van der Waals surface area contributed by atoms with Crippen molar-refractivity contribution in [2.45, 2.75) is 45.6 Å². The van der Waals surface area contributed by atoms with E-state index in [1.807, 2.05) is 81.4 Å². The van der Waals surface area contributed by atoms with Crippen LogP contribution < -0.4 is 5.32 Å². The number of carbonyl (C=O) groups excluding carboxylic acids is 3. The number of fused-ring (bicyclic) bond motifs is 1. The van der Waals surface area contributed by atoms with Gasteiger partial charge in [0.25, 0.3) is 0 Å². The molecule has 2 aliphatic heterocycles. The van der Waals surface area contributed by atoms with Crippen molar-refractivity contribution in [1.29, 1.82) is 0 Å². The van der Waals surface area contributed by atoms with E-state index in [1.54, 1.807) is 14.8 Å². The number of hydrazine groups is 1. The van der Waals surface area contributed by atoms with Crippen molar-refractivity contribution in [1.82, 2.24) is 25.1 Å². The van der Waals surface area contributed by atoms with Gasteiger partial charge in [-0.25, -0.2) is 9.80 Å². The smallest absolute Gasteiger partial charge is 0.333 e. The average Bonchev–Trinajstić information content (AvgIpc) is 2.88. The van der Waals surface area contributed by atoms with Gasteiger partial charge in [-0.1, -0.05) is 80.4 Å². The van der Waals surface area contributed by atoms with Crippen molar-refractivity contribution in [2.75, 3.05) is 19.6 Å². The second kappa shape index (κ2) is 10.8. The van der Waals surface area contributed by atoms with Crippen molar-refractivity contribution >= 4 is 17.8 Å². The molecule has 1 unspecified atom stereocenters. The summed E-state index contributed by atoms with van der Waals surface area (Å²) < 4.78 is 0. The Morgan fingerprint density at radius 1 is 1.06 bits per heavy atom. The molecule has 8 nitrogen and oxygen atoms in total. The molecule has 2 aliphatic rings. The van der Waals surface area contributed by atoms with E-state index in [4.69, 9.17) is 6.42 Å². The maximum atomic E-state index is 13.7. The predicted molar refractivity (Wildman–Crippen MR) is 137 cm³/mol. The van der Waals surface area contributed by atoms with Crippen LogP contribution in [-0.4, -0.2) is 69.5 Å². The van der Waals surface area contributed by atoms with Gasteiger partial charge >= 0.3 is 6.03 Å². The van der Waals surface area contributed by atoms with E-state index in [9.17, 15) is 14.4 Å². The van der Waals surface area contributed by atoms with Crippen LogP contribution in [0.5, 0.6) is 0 Å². The topological polar surface area (TPSA) is 76.2 Å². The average molecular weight is 488 g/mol. The Morgan fingerprint density at radius 3 is 2.31 bits per heavy atom. The first-order valence-corrected chi connectivity index (χ1v) is 12.3. The van der Waals surface area contributed by atoms with Gasteiger partial charge in [-0.05, 0) is 24.0 Å². The van der Waals surface area contributed by atoms with Gasteiger partial charge in [0.1, 0.15) is 12.2 Å². The molecule has 188 valence electrons. The van der Waals surface area contributed by atoms with Crippen LogP contribution in [0.2, 0.25) is 0 Å². The summed E-state index contributed by atoms with van der Waals surface area (Å²) in [6, 6.07) is 18.1. The first kappa shape index (κ1) is 25.3. The third-order valence-corrected chi connectivity index (χ3v) is 6.86. The van der Waals surface area contributed by atoms with Gasteiger partial charge in [0.05, 0.1) is 25.7 Å². The van der Waals surface area contributed by atoms with E-state index < -0.39 is 12.2 Å². The van der Waals surface area contributed by atoms with Crippen LogP contribution in [0.1, 0.15) is 37.9 Å². The molecule has 2 heterocycles. The highest BCUT2D eigenvalue weighted by molar-refractivity contribution is 5.92. The second-order valence-corrected chi connectivity index (χ2v) is 9.56. The highest BCUT2D eigenvalue weighted by atomic mass is 16.2. The van der Waals surface area contributed by atoms with E-state index in [0.29, 0.717) is 6.54 Å². The fourth-order valence-corrected chi connectivity index (χ4v) is 5.07. The molecule has 8 heteroatoms. The zero-order chi connectivity index (χ0) is 25.8. The summed E-state index contributed by atoms with van der Waals surface area (Å²) >= 11 is 0. The quantitative estimate of drug-likeness (QED) is 0.636. The van der Waals surface area contributed by atoms with Crippen molar-refractivity contribution in [3.05, 3.63) is 71.8 Å². The number of piperazine rings is 1. The lowest BCUT2D eigenvalue weighted by Gasteiger charge is -2.56. The van der Waals surface area contributed by atoms with E-state index in [2.05, 4.69) is 11.2 Å². The molecule has 2 aromatic carbocycles. The van der Waals surface area contributed by atoms with Gasteiger partial charge < -0.3 is 15.1 Å². The lowest BCUT2D eigenvalue weighted by molar-refractivity contribution is -0.193. The second-order valence-electron chi connectivity index (χ2n) is 9.56. The molecule has 3 atom stereocenters. The van der Waals surface area contributed by atoms with Gasteiger partial charge in [-0.2, -0.15) is 5.01 Å². The van der Waals surface area contributed by atoms with E-state index in [1.165, 1.54) is 5.01 Å². The minimum absolute atomic E-state index is 0.0653. The standard InChI is InChI=1S/C28H33N5O3/c1-5-16-30-19-25(34)32-24(33(30)28(36)29-17-22-12-8-6-9-13-22)18-31(27(35)26(32)20(2)3)21(4)23-14-10-7-11-15-23/h1,6-15,20-21,24,26H,16-19H2,2-4H3,(H,29,36)/t21?,24-,26-/m0/s1. The third kappa shape index (κ3) is 4.93. The maximum absolute atomic E-state index is 13.7. The van der Waals surface area contributed by atoms with Gasteiger partial charge in [-0.15, -0.1) is 6.42 Å². The summed E-state index contributed by atoms with van der Waals surface area (Å²) in [5.41, 5.74) is 1.95. The summed E-state index contributed by atoms with van der Waals surface area (Å²) in [6.07, 6.45) is 4.94. The lowest BCUT2D eigenvalue weighted by Crippen LogP contribution is -2.77. The number of terminal acetylenes is 1. The molecule has 0 aromatic heterocycles. The van der Waals surface area contributed by atoms with Gasteiger partial charge in [0.15, 0.2) is 0 Å². The fraction of sp³-hybridized carbons (Fsp3) is 0.393. The molecule has 4 rings (SSSR count). The summed E-state index contributed by atoms with van der Waals surface area (Å²) in [5, 5.41) is 6.11. The highest BCUT2D eigenvalue weighted by Gasteiger charge is 2.52. The number of nitrogens with one attached hydrogen (secondary N) is 1. The van der Waals surface area contributed by atoms with E-state index in [0.717, 1.165) is 11.1 Å². The molecule has 4 amide bonds. The molecule has 2 fully saturated rings. The monoisotopic (exact) mass is 487 g/mol. The van der Waals surface area contributed by atoms with Crippen LogP contribution in [0, 0.1) is 18.3 Å². The van der Waals surface area contributed by atoms with Crippen LogP contribution in [0.15, 0.2) is 60.7 Å². The molecule has 0 saturated carbocycles. The van der Waals surface area contributed by atoms with Crippen LogP contribution in [0.4, 0.5) is 4.79 Å². The fourth-order valence-electron chi connectivity index (χ4n) is 5.07. The van der Waals surface area contributed by atoms with Crippen molar-refractivity contribution in [2.24, 2.45) is 5.92 Å². The Hall–Kier alpha value is -3.83. The molecule has 0 spiro atoms. The Balaban J connectivity index is 1.69. The zero-order valence-corrected chi connectivity index (χ0v) is 21.0. The molecule has 0 radical (unpaired) electrons. The minimum atomic E-state index is -0.681. The number of amides is 4.